The fourth-order valence-corrected chi connectivity index (χ4v) is 1.43. The van der Waals surface area contributed by atoms with Gasteiger partial charge in [-0.25, -0.2) is 0 Å². The molecule has 1 nitrogen and oxygen atoms in total. The largest absolute Gasteiger partial charge is 0.363 e. The van der Waals surface area contributed by atoms with Gasteiger partial charge in [-0.15, -0.1) is 0 Å². The van der Waals surface area contributed by atoms with E-state index in [0.29, 0.717) is 0 Å². The highest BCUT2D eigenvalue weighted by Crippen LogP contribution is 2.30. The van der Waals surface area contributed by atoms with E-state index in [1.165, 1.54) is 6.42 Å². The van der Waals surface area contributed by atoms with E-state index in [1.54, 1.807) is 0 Å². The molecular formula is C8H10O. The molecule has 0 saturated carbocycles. The van der Waals surface area contributed by atoms with Gasteiger partial charge in [-0.2, -0.15) is 0 Å². The van der Waals surface area contributed by atoms with Gasteiger partial charge in [0.25, 0.3) is 0 Å². The quantitative estimate of drug-likeness (QED) is 0.444. The van der Waals surface area contributed by atoms with E-state index in [-0.39, 0.29) is 5.60 Å². The second kappa shape index (κ2) is 1.71. The Hall–Kier alpha value is -0.560. The van der Waals surface area contributed by atoms with Crippen LogP contribution in [-0.4, -0.2) is 12.2 Å². The van der Waals surface area contributed by atoms with Crippen LogP contribution in [0, 0.1) is 0 Å². The number of hydrogen-bond donors (Lipinski definition) is 0. The number of rotatable bonds is 0. The Labute approximate surface area is 55.0 Å². The molecule has 0 N–H and O–H groups in total. The van der Waals surface area contributed by atoms with Crippen LogP contribution in [0.4, 0.5) is 0 Å². The van der Waals surface area contributed by atoms with E-state index in [4.69, 9.17) is 4.74 Å². The minimum absolute atomic E-state index is 0.0278. The maximum absolute atomic E-state index is 5.50. The van der Waals surface area contributed by atoms with E-state index in [2.05, 4.69) is 24.3 Å². The van der Waals surface area contributed by atoms with Crippen LogP contribution in [0.15, 0.2) is 24.3 Å². The van der Waals surface area contributed by atoms with Crippen LogP contribution in [0.1, 0.15) is 12.8 Å². The monoisotopic (exact) mass is 122 g/mol. The highest BCUT2D eigenvalue weighted by Gasteiger charge is 2.29. The first kappa shape index (κ1) is 5.24. The van der Waals surface area contributed by atoms with Crippen molar-refractivity contribution in [3.63, 3.8) is 0 Å². The van der Waals surface area contributed by atoms with Gasteiger partial charge in [0.1, 0.15) is 5.60 Å². The molecule has 1 atom stereocenters. The minimum atomic E-state index is 0.0278. The summed E-state index contributed by atoms with van der Waals surface area (Å²) in [6.07, 6.45) is 10.9. The minimum Gasteiger partial charge on any atom is -0.363 e. The predicted molar refractivity (Wildman–Crippen MR) is 36.2 cm³/mol. The third-order valence-corrected chi connectivity index (χ3v) is 1.95. The molecule has 1 aliphatic carbocycles. The maximum atomic E-state index is 5.50. The highest BCUT2D eigenvalue weighted by molar-refractivity contribution is 5.22. The number of hydrogen-bond acceptors (Lipinski definition) is 1. The fraction of sp³-hybridized carbons (Fsp3) is 0.500. The van der Waals surface area contributed by atoms with Gasteiger partial charge >= 0.3 is 0 Å². The predicted octanol–water partition coefficient (Wildman–Crippen LogP) is 1.66. The Morgan fingerprint density at radius 2 is 2.11 bits per heavy atom. The van der Waals surface area contributed by atoms with Crippen molar-refractivity contribution in [3.8, 4) is 0 Å². The van der Waals surface area contributed by atoms with Crippen LogP contribution in [0.5, 0.6) is 0 Å². The van der Waals surface area contributed by atoms with Crippen LogP contribution in [-0.2, 0) is 4.74 Å². The summed E-state index contributed by atoms with van der Waals surface area (Å²) in [6, 6.07) is 0. The zero-order valence-electron chi connectivity index (χ0n) is 5.34. The van der Waals surface area contributed by atoms with E-state index in [1.807, 2.05) is 0 Å². The first-order valence-corrected chi connectivity index (χ1v) is 3.41. The molecule has 1 heteroatoms. The van der Waals surface area contributed by atoms with Crippen molar-refractivity contribution in [2.45, 2.75) is 18.4 Å². The Morgan fingerprint density at radius 1 is 1.22 bits per heavy atom. The van der Waals surface area contributed by atoms with E-state index in [0.717, 1.165) is 13.0 Å². The van der Waals surface area contributed by atoms with Crippen LogP contribution in [0.25, 0.3) is 0 Å². The van der Waals surface area contributed by atoms with Gasteiger partial charge in [-0.1, -0.05) is 24.3 Å². The van der Waals surface area contributed by atoms with Gasteiger partial charge in [0.2, 0.25) is 0 Å². The molecule has 2 aliphatic rings. The average Bonchev–Trinajstić information content (AvgIpc) is 2.45. The van der Waals surface area contributed by atoms with Crippen molar-refractivity contribution in [2.24, 2.45) is 0 Å². The molecule has 0 unspecified atom stereocenters. The molecule has 9 heavy (non-hydrogen) atoms. The summed E-state index contributed by atoms with van der Waals surface area (Å²) in [4.78, 5) is 0. The van der Waals surface area contributed by atoms with Crippen molar-refractivity contribution >= 4 is 0 Å². The fourth-order valence-electron chi connectivity index (χ4n) is 1.43. The van der Waals surface area contributed by atoms with Gasteiger partial charge in [-0.3, -0.25) is 0 Å². The Bertz CT molecular complexity index is 147. The van der Waals surface area contributed by atoms with Gasteiger partial charge in [-0.05, 0) is 12.8 Å². The molecule has 0 aromatic rings. The lowest BCUT2D eigenvalue weighted by Gasteiger charge is -2.17. The van der Waals surface area contributed by atoms with Gasteiger partial charge in [0, 0.05) is 0 Å². The zero-order valence-corrected chi connectivity index (χ0v) is 5.34. The second-order valence-electron chi connectivity index (χ2n) is 2.61. The molecule has 0 fully saturated rings. The Balaban J connectivity index is 2.23. The molecule has 1 spiro atoms. The summed E-state index contributed by atoms with van der Waals surface area (Å²) in [6.45, 7) is 0.796. The molecule has 0 radical (unpaired) electrons. The van der Waals surface area contributed by atoms with Crippen molar-refractivity contribution in [1.29, 1.82) is 0 Å². The smallest absolute Gasteiger partial charge is 0.105 e. The molecule has 0 saturated heterocycles. The zero-order chi connectivity index (χ0) is 6.16. The van der Waals surface area contributed by atoms with E-state index in [9.17, 15) is 0 Å². The normalized spacial score (nSPS) is 39.1. The van der Waals surface area contributed by atoms with Gasteiger partial charge < -0.3 is 4.74 Å². The van der Waals surface area contributed by atoms with Crippen LogP contribution in [0.3, 0.4) is 0 Å². The van der Waals surface area contributed by atoms with Crippen molar-refractivity contribution in [3.05, 3.63) is 24.3 Å². The van der Waals surface area contributed by atoms with Gasteiger partial charge in [0.05, 0.1) is 6.61 Å². The summed E-state index contributed by atoms with van der Waals surface area (Å²) in [5.74, 6) is 0. The van der Waals surface area contributed by atoms with Crippen LogP contribution < -0.4 is 0 Å². The standard InChI is InChI=1S/C8H10O/c1-2-5-8(4-1)6-3-7-9-8/h1,3-4,6H,2,5,7H2/t8-/m1/s1. The molecule has 2 rings (SSSR count). The third kappa shape index (κ3) is 0.724. The molecular weight excluding hydrogens is 112 g/mol. The lowest BCUT2D eigenvalue weighted by molar-refractivity contribution is 0.0658. The Morgan fingerprint density at radius 3 is 2.67 bits per heavy atom. The molecule has 0 aromatic carbocycles. The summed E-state index contributed by atoms with van der Waals surface area (Å²) in [5, 5.41) is 0. The summed E-state index contributed by atoms with van der Waals surface area (Å²) < 4.78 is 5.50. The number of allylic oxidation sites excluding steroid dienone is 1. The van der Waals surface area contributed by atoms with Crippen LogP contribution in [0.2, 0.25) is 0 Å². The Kier molecular flexibility index (Phi) is 0.995. The molecule has 0 bridgehead atoms. The lowest BCUT2D eigenvalue weighted by Crippen LogP contribution is -2.20. The van der Waals surface area contributed by atoms with Crippen molar-refractivity contribution in [2.75, 3.05) is 6.61 Å². The molecule has 48 valence electrons. The van der Waals surface area contributed by atoms with Crippen molar-refractivity contribution in [1.82, 2.24) is 0 Å². The summed E-state index contributed by atoms with van der Waals surface area (Å²) >= 11 is 0. The SMILES string of the molecule is C1=C[C@]2(C=CCO2)CC1. The van der Waals surface area contributed by atoms with E-state index < -0.39 is 0 Å². The first-order chi connectivity index (χ1) is 4.41. The molecule has 1 aliphatic heterocycles. The first-order valence-electron chi connectivity index (χ1n) is 3.41. The van der Waals surface area contributed by atoms with Crippen LogP contribution >= 0.6 is 0 Å². The third-order valence-electron chi connectivity index (χ3n) is 1.95. The van der Waals surface area contributed by atoms with E-state index >= 15 is 0 Å². The van der Waals surface area contributed by atoms with Gasteiger partial charge in [0.15, 0.2) is 0 Å². The maximum Gasteiger partial charge on any atom is 0.105 e. The summed E-state index contributed by atoms with van der Waals surface area (Å²) in [5.41, 5.74) is 0.0278. The second-order valence-corrected chi connectivity index (χ2v) is 2.61. The topological polar surface area (TPSA) is 9.23 Å². The molecule has 0 amide bonds. The average molecular weight is 122 g/mol. The molecule has 1 heterocycles. The molecule has 0 aromatic heterocycles. The van der Waals surface area contributed by atoms with Crippen molar-refractivity contribution < 1.29 is 4.74 Å². The highest BCUT2D eigenvalue weighted by atomic mass is 16.5. The lowest BCUT2D eigenvalue weighted by atomic mass is 10.1. The number of ether oxygens (including phenoxy) is 1. The summed E-state index contributed by atoms with van der Waals surface area (Å²) in [7, 11) is 0.